The molecule has 0 atom stereocenters. The number of amides is 1. The van der Waals surface area contributed by atoms with Gasteiger partial charge in [0.05, 0.1) is 5.56 Å². The molecule has 3 aromatic rings. The summed E-state index contributed by atoms with van der Waals surface area (Å²) in [4.78, 5) is 12.4. The van der Waals surface area contributed by atoms with Crippen LogP contribution in [-0.4, -0.2) is 11.1 Å². The van der Waals surface area contributed by atoms with Crippen LogP contribution in [0.3, 0.4) is 0 Å². The highest BCUT2D eigenvalue weighted by atomic mass is 19.2. The molecule has 0 fully saturated rings. The first-order chi connectivity index (χ1) is 14.2. The van der Waals surface area contributed by atoms with Crippen molar-refractivity contribution in [2.45, 2.75) is 26.9 Å². The number of benzene rings is 2. The van der Waals surface area contributed by atoms with Gasteiger partial charge in [-0.3, -0.25) is 4.79 Å². The van der Waals surface area contributed by atoms with Crippen molar-refractivity contribution in [3.8, 4) is 5.75 Å². The van der Waals surface area contributed by atoms with Crippen molar-refractivity contribution < 1.29 is 36.0 Å². The van der Waals surface area contributed by atoms with Gasteiger partial charge in [0.2, 0.25) is 5.82 Å². The Kier molecular flexibility index (Phi) is 6.04. The summed E-state index contributed by atoms with van der Waals surface area (Å²) in [5, 5.41) is 5.16. The van der Waals surface area contributed by atoms with Gasteiger partial charge in [0.15, 0.2) is 29.0 Å². The number of nitrogens with one attached hydrogen (secondary N) is 1. The van der Waals surface area contributed by atoms with Crippen LogP contribution in [0.4, 0.5) is 27.6 Å². The molecule has 0 aliphatic carbocycles. The number of aryl methyl sites for hydroxylation is 2. The molecule has 30 heavy (non-hydrogen) atoms. The second-order valence-corrected chi connectivity index (χ2v) is 6.25. The molecule has 1 aromatic heterocycles. The average molecular weight is 426 g/mol. The fourth-order valence-corrected chi connectivity index (χ4v) is 2.60. The Morgan fingerprint density at radius 2 is 1.57 bits per heavy atom. The Hall–Kier alpha value is -3.43. The van der Waals surface area contributed by atoms with E-state index in [0.717, 1.165) is 12.0 Å². The molecule has 0 saturated carbocycles. The number of aromatic nitrogens is 1. The fourth-order valence-electron chi connectivity index (χ4n) is 2.60. The lowest BCUT2D eigenvalue weighted by Gasteiger charge is -2.10. The van der Waals surface area contributed by atoms with Gasteiger partial charge in [0, 0.05) is 0 Å². The molecule has 2 aromatic carbocycles. The molecule has 0 saturated heterocycles. The summed E-state index contributed by atoms with van der Waals surface area (Å²) >= 11 is 0. The molecule has 1 amide bonds. The topological polar surface area (TPSA) is 64.4 Å². The van der Waals surface area contributed by atoms with Crippen LogP contribution in [0.5, 0.6) is 5.75 Å². The van der Waals surface area contributed by atoms with Gasteiger partial charge >= 0.3 is 0 Å². The van der Waals surface area contributed by atoms with E-state index in [-0.39, 0.29) is 17.9 Å². The van der Waals surface area contributed by atoms with E-state index in [2.05, 4.69) is 5.16 Å². The molecule has 0 bridgehead atoms. The minimum atomic E-state index is -2.33. The van der Waals surface area contributed by atoms with Crippen molar-refractivity contribution in [3.05, 3.63) is 75.9 Å². The number of hydrogen-bond donors (Lipinski definition) is 1. The molecule has 0 unspecified atom stereocenters. The summed E-state index contributed by atoms with van der Waals surface area (Å²) in [7, 11) is 0. The highest BCUT2D eigenvalue weighted by Gasteiger charge is 2.29. The molecular formula is C20H15F5N2O3. The van der Waals surface area contributed by atoms with Crippen LogP contribution in [-0.2, 0) is 13.0 Å². The predicted molar refractivity (Wildman–Crippen MR) is 95.6 cm³/mol. The van der Waals surface area contributed by atoms with E-state index in [1.54, 1.807) is 17.4 Å². The first-order valence-electron chi connectivity index (χ1n) is 8.74. The maximum Gasteiger partial charge on any atom is 0.278 e. The molecule has 0 radical (unpaired) electrons. The number of hydrogen-bond acceptors (Lipinski definition) is 4. The highest BCUT2D eigenvalue weighted by Crippen LogP contribution is 2.28. The summed E-state index contributed by atoms with van der Waals surface area (Å²) in [6, 6.07) is 7.14. The first kappa shape index (κ1) is 21.3. The van der Waals surface area contributed by atoms with Gasteiger partial charge in [-0.1, -0.05) is 24.2 Å². The quantitative estimate of drug-likeness (QED) is 0.340. The maximum absolute atomic E-state index is 13.8. The summed E-state index contributed by atoms with van der Waals surface area (Å²) < 4.78 is 77.9. The van der Waals surface area contributed by atoms with E-state index in [1.807, 2.05) is 19.1 Å². The monoisotopic (exact) mass is 426 g/mol. The van der Waals surface area contributed by atoms with Gasteiger partial charge in [0.25, 0.3) is 5.91 Å². The second-order valence-electron chi connectivity index (χ2n) is 6.25. The zero-order chi connectivity index (χ0) is 22.0. The normalized spacial score (nSPS) is 10.9. The zero-order valence-corrected chi connectivity index (χ0v) is 15.8. The molecule has 10 heteroatoms. The Labute approximate surface area is 167 Å². The van der Waals surface area contributed by atoms with Crippen molar-refractivity contribution in [3.63, 3.8) is 0 Å². The van der Waals surface area contributed by atoms with Gasteiger partial charge < -0.3 is 14.6 Å². The van der Waals surface area contributed by atoms with Gasteiger partial charge in [-0.25, -0.2) is 22.0 Å². The van der Waals surface area contributed by atoms with Crippen molar-refractivity contribution >= 4 is 11.6 Å². The molecule has 0 aliphatic rings. The third kappa shape index (κ3) is 3.98. The number of carbonyl (C=O) groups excluding carboxylic acids is 1. The van der Waals surface area contributed by atoms with Crippen LogP contribution in [0.15, 0.2) is 28.8 Å². The smallest absolute Gasteiger partial charge is 0.278 e. The Morgan fingerprint density at radius 3 is 2.13 bits per heavy atom. The van der Waals surface area contributed by atoms with Crippen LogP contribution in [0.25, 0.3) is 0 Å². The van der Waals surface area contributed by atoms with Crippen molar-refractivity contribution in [1.29, 1.82) is 0 Å². The SMILES string of the molecule is CCc1ccc(OCc2c(C(=O)Nc3c(F)c(F)c(F)c(F)c3F)noc2C)cc1. The molecule has 158 valence electrons. The van der Waals surface area contributed by atoms with Crippen molar-refractivity contribution in [1.82, 2.24) is 5.16 Å². The predicted octanol–water partition coefficient (Wildman–Crippen LogP) is 5.07. The van der Waals surface area contributed by atoms with Gasteiger partial charge in [0.1, 0.15) is 23.8 Å². The number of ether oxygens (including phenoxy) is 1. The summed E-state index contributed by atoms with van der Waals surface area (Å²) in [6.07, 6.45) is 0.840. The number of nitrogens with zero attached hydrogens (tertiary/aromatic N) is 1. The van der Waals surface area contributed by atoms with Crippen LogP contribution in [0.1, 0.15) is 34.3 Å². The standard InChI is InChI=1S/C20H15F5N2O3/c1-3-10-4-6-11(7-5-10)29-8-12-9(2)30-27-18(12)20(28)26-19-16(24)14(22)13(21)15(23)17(19)25/h4-7H,3,8H2,1-2H3,(H,26,28). The van der Waals surface area contributed by atoms with Gasteiger partial charge in [-0.15, -0.1) is 0 Å². The Bertz CT molecular complexity index is 1070. The molecule has 0 aliphatic heterocycles. The molecule has 3 rings (SSSR count). The van der Waals surface area contributed by atoms with E-state index in [1.165, 1.54) is 6.92 Å². The van der Waals surface area contributed by atoms with E-state index < -0.39 is 46.4 Å². The van der Waals surface area contributed by atoms with Crippen LogP contribution < -0.4 is 10.1 Å². The third-order valence-electron chi connectivity index (χ3n) is 4.36. The Balaban J connectivity index is 1.83. The average Bonchev–Trinajstić information content (AvgIpc) is 3.13. The maximum atomic E-state index is 13.8. The first-order valence-corrected chi connectivity index (χ1v) is 8.74. The lowest BCUT2D eigenvalue weighted by Crippen LogP contribution is -2.19. The lowest BCUT2D eigenvalue weighted by molar-refractivity contribution is 0.101. The summed E-state index contributed by atoms with van der Waals surface area (Å²) in [6.45, 7) is 3.29. The Morgan fingerprint density at radius 1 is 1.00 bits per heavy atom. The van der Waals surface area contributed by atoms with Crippen LogP contribution in [0, 0.1) is 36.0 Å². The summed E-state index contributed by atoms with van der Waals surface area (Å²) in [5.74, 6) is -11.6. The molecule has 1 N–H and O–H groups in total. The van der Waals surface area contributed by atoms with E-state index in [0.29, 0.717) is 5.75 Å². The van der Waals surface area contributed by atoms with Crippen LogP contribution in [0.2, 0.25) is 0 Å². The molecule has 1 heterocycles. The summed E-state index contributed by atoms with van der Waals surface area (Å²) in [5.41, 5.74) is -0.664. The van der Waals surface area contributed by atoms with E-state index >= 15 is 0 Å². The van der Waals surface area contributed by atoms with Crippen LogP contribution >= 0.6 is 0 Å². The fraction of sp³-hybridized carbons (Fsp3) is 0.200. The molecule has 0 spiro atoms. The second kappa shape index (κ2) is 8.52. The number of halogens is 5. The third-order valence-corrected chi connectivity index (χ3v) is 4.36. The molecular weight excluding hydrogens is 411 g/mol. The van der Waals surface area contributed by atoms with Crippen molar-refractivity contribution in [2.24, 2.45) is 0 Å². The van der Waals surface area contributed by atoms with E-state index in [9.17, 15) is 26.7 Å². The minimum absolute atomic E-state index is 0.149. The minimum Gasteiger partial charge on any atom is -0.489 e. The number of rotatable bonds is 6. The zero-order valence-electron chi connectivity index (χ0n) is 15.8. The number of anilines is 1. The largest absolute Gasteiger partial charge is 0.489 e. The van der Waals surface area contributed by atoms with Gasteiger partial charge in [-0.05, 0) is 31.0 Å². The van der Waals surface area contributed by atoms with Crippen molar-refractivity contribution in [2.75, 3.05) is 5.32 Å². The molecule has 5 nitrogen and oxygen atoms in total. The number of carbonyl (C=O) groups is 1. The van der Waals surface area contributed by atoms with E-state index in [4.69, 9.17) is 9.26 Å². The lowest BCUT2D eigenvalue weighted by atomic mass is 10.1. The van der Waals surface area contributed by atoms with Gasteiger partial charge in [-0.2, -0.15) is 0 Å². The highest BCUT2D eigenvalue weighted by molar-refractivity contribution is 6.04.